The van der Waals surface area contributed by atoms with Gasteiger partial charge in [0, 0.05) is 44.8 Å². The second kappa shape index (κ2) is 8.30. The molecule has 2 aromatic rings. The summed E-state index contributed by atoms with van der Waals surface area (Å²) < 4.78 is 33.5. The second-order valence-corrected chi connectivity index (χ2v) is 11.0. The Kier molecular flexibility index (Phi) is 5.65. The fourth-order valence-electron chi connectivity index (χ4n) is 5.74. The Balaban J connectivity index is 1.43. The Morgan fingerprint density at radius 3 is 2.19 bits per heavy atom. The fraction of sp³-hybridized carbons (Fsp3) is 0.500. The Hall–Kier alpha value is -1.77. The smallest absolute Gasteiger partial charge is 0.243 e. The van der Waals surface area contributed by atoms with Crippen molar-refractivity contribution in [3.8, 4) is 0 Å². The maximum absolute atomic E-state index is 13.2. The summed E-state index contributed by atoms with van der Waals surface area (Å²) in [5, 5.41) is 10.3. The number of hydrogen-bond acceptors (Lipinski definition) is 5. The first-order valence-electron chi connectivity index (χ1n) is 11.1. The second-order valence-electron chi connectivity index (χ2n) is 9.04. The summed E-state index contributed by atoms with van der Waals surface area (Å²) in [6.45, 7) is 3.46. The highest BCUT2D eigenvalue weighted by atomic mass is 32.2. The van der Waals surface area contributed by atoms with Gasteiger partial charge in [0.05, 0.1) is 17.0 Å². The van der Waals surface area contributed by atoms with Gasteiger partial charge in [-0.15, -0.1) is 0 Å². The Bertz CT molecular complexity index is 987. The van der Waals surface area contributed by atoms with E-state index >= 15 is 0 Å². The number of likely N-dealkylation sites (tertiary alicyclic amines) is 1. The van der Waals surface area contributed by atoms with Crippen LogP contribution in [0, 0.1) is 5.92 Å². The number of benzene rings is 2. The normalized spacial score (nSPS) is 27.0. The number of aliphatic hydroxyl groups excluding tert-OH is 1. The summed E-state index contributed by atoms with van der Waals surface area (Å²) in [6.07, 6.45) is 2.04. The van der Waals surface area contributed by atoms with Crippen LogP contribution in [0.1, 0.15) is 24.3 Å². The predicted octanol–water partition coefficient (Wildman–Crippen LogP) is 2.32. The zero-order chi connectivity index (χ0) is 21.5. The van der Waals surface area contributed by atoms with E-state index in [1.165, 1.54) is 5.56 Å². The van der Waals surface area contributed by atoms with E-state index in [-0.39, 0.29) is 24.1 Å². The molecule has 2 atom stereocenters. The van der Waals surface area contributed by atoms with E-state index in [2.05, 4.69) is 17.0 Å². The molecule has 1 N–H and O–H groups in total. The van der Waals surface area contributed by atoms with E-state index in [4.69, 9.17) is 4.74 Å². The minimum absolute atomic E-state index is 0.0202. The highest BCUT2D eigenvalue weighted by Crippen LogP contribution is 2.55. The number of rotatable bonds is 6. The van der Waals surface area contributed by atoms with Crippen LogP contribution in [0.25, 0.3) is 0 Å². The number of sulfonamides is 1. The number of hydrogen-bond donors (Lipinski definition) is 1. The van der Waals surface area contributed by atoms with Gasteiger partial charge in [-0.25, -0.2) is 8.42 Å². The molecule has 0 saturated carbocycles. The van der Waals surface area contributed by atoms with Crippen molar-refractivity contribution < 1.29 is 18.3 Å². The van der Waals surface area contributed by atoms with Gasteiger partial charge < -0.3 is 9.84 Å². The van der Waals surface area contributed by atoms with Crippen LogP contribution in [0.15, 0.2) is 65.6 Å². The van der Waals surface area contributed by atoms with Gasteiger partial charge in [-0.05, 0) is 36.5 Å². The maximum atomic E-state index is 13.2. The molecule has 1 spiro atoms. The van der Waals surface area contributed by atoms with E-state index in [0.29, 0.717) is 23.9 Å². The lowest BCUT2D eigenvalue weighted by molar-refractivity contribution is -0.178. The van der Waals surface area contributed by atoms with Crippen LogP contribution in [0.4, 0.5) is 0 Å². The quantitative estimate of drug-likeness (QED) is 0.744. The van der Waals surface area contributed by atoms with Crippen LogP contribution in [0.5, 0.6) is 0 Å². The Morgan fingerprint density at radius 2 is 1.58 bits per heavy atom. The lowest BCUT2D eigenvalue weighted by Crippen LogP contribution is -2.85. The molecule has 166 valence electrons. The standard InChI is InChI=1S/C24H30N2O4S/c27-16-22-23(20-7-3-1-4-8-20)24(26(22)15-19-11-13-30-14-12-19)17-25(18-24)31(28,29)21-9-5-2-6-10-21/h1-10,19,22-23,27H,11-18H2/t22-,23-/m1/s1. The van der Waals surface area contributed by atoms with E-state index in [1.54, 1.807) is 28.6 Å². The minimum Gasteiger partial charge on any atom is -0.395 e. The van der Waals surface area contributed by atoms with Crippen LogP contribution < -0.4 is 0 Å². The first kappa shape index (κ1) is 21.1. The van der Waals surface area contributed by atoms with Crippen molar-refractivity contribution in [2.45, 2.75) is 35.2 Å². The summed E-state index contributed by atoms with van der Waals surface area (Å²) in [6, 6.07) is 18.9. The monoisotopic (exact) mass is 442 g/mol. The average molecular weight is 443 g/mol. The molecule has 3 fully saturated rings. The Morgan fingerprint density at radius 1 is 0.968 bits per heavy atom. The number of ether oxygens (including phenoxy) is 1. The van der Waals surface area contributed by atoms with Gasteiger partial charge in [0.15, 0.2) is 0 Å². The lowest BCUT2D eigenvalue weighted by atomic mass is 9.61. The highest BCUT2D eigenvalue weighted by Gasteiger charge is 2.67. The van der Waals surface area contributed by atoms with Crippen molar-refractivity contribution in [1.29, 1.82) is 0 Å². The van der Waals surface area contributed by atoms with E-state index in [9.17, 15) is 13.5 Å². The molecule has 2 aromatic carbocycles. The Labute approximate surface area is 184 Å². The molecule has 3 saturated heterocycles. The fourth-order valence-corrected chi connectivity index (χ4v) is 7.33. The largest absolute Gasteiger partial charge is 0.395 e. The van der Waals surface area contributed by atoms with Gasteiger partial charge in [-0.1, -0.05) is 48.5 Å². The molecule has 0 aliphatic carbocycles. The van der Waals surface area contributed by atoms with E-state index in [0.717, 1.165) is 32.6 Å². The molecule has 3 heterocycles. The molecule has 0 radical (unpaired) electrons. The van der Waals surface area contributed by atoms with Crippen molar-refractivity contribution in [3.05, 3.63) is 66.2 Å². The van der Waals surface area contributed by atoms with Gasteiger partial charge >= 0.3 is 0 Å². The molecular formula is C24H30N2O4S. The number of nitrogens with zero attached hydrogens (tertiary/aromatic N) is 2. The van der Waals surface area contributed by atoms with E-state index in [1.807, 2.05) is 24.3 Å². The van der Waals surface area contributed by atoms with Gasteiger partial charge in [-0.3, -0.25) is 4.90 Å². The molecule has 0 unspecified atom stereocenters. The van der Waals surface area contributed by atoms with Crippen molar-refractivity contribution in [3.63, 3.8) is 0 Å². The third kappa shape index (κ3) is 3.52. The SMILES string of the molecule is O=S(=O)(c1ccccc1)N1CC2(C1)[C@H](c1ccccc1)[C@@H](CO)N2CC1CCOCC1. The summed E-state index contributed by atoms with van der Waals surface area (Å²) in [7, 11) is -3.51. The highest BCUT2D eigenvalue weighted by molar-refractivity contribution is 7.89. The van der Waals surface area contributed by atoms with Crippen molar-refractivity contribution in [2.24, 2.45) is 5.92 Å². The average Bonchev–Trinajstić information content (AvgIpc) is 2.77. The maximum Gasteiger partial charge on any atom is 0.243 e. The molecule has 31 heavy (non-hydrogen) atoms. The van der Waals surface area contributed by atoms with E-state index < -0.39 is 10.0 Å². The first-order chi connectivity index (χ1) is 15.1. The zero-order valence-electron chi connectivity index (χ0n) is 17.6. The molecule has 5 rings (SSSR count). The predicted molar refractivity (Wildman–Crippen MR) is 118 cm³/mol. The molecule has 6 nitrogen and oxygen atoms in total. The van der Waals surface area contributed by atoms with Crippen molar-refractivity contribution in [2.75, 3.05) is 39.5 Å². The van der Waals surface area contributed by atoms with Gasteiger partial charge in [0.1, 0.15) is 0 Å². The summed E-state index contributed by atoms with van der Waals surface area (Å²) in [5.41, 5.74) is 0.927. The summed E-state index contributed by atoms with van der Waals surface area (Å²) in [4.78, 5) is 2.74. The summed E-state index contributed by atoms with van der Waals surface area (Å²) >= 11 is 0. The molecule has 3 aliphatic heterocycles. The van der Waals surface area contributed by atoms with Crippen molar-refractivity contribution >= 4 is 10.0 Å². The van der Waals surface area contributed by atoms with Crippen LogP contribution in [0.2, 0.25) is 0 Å². The molecule has 3 aliphatic rings. The minimum atomic E-state index is -3.51. The molecule has 0 amide bonds. The van der Waals surface area contributed by atoms with Crippen LogP contribution in [-0.4, -0.2) is 73.8 Å². The lowest BCUT2D eigenvalue weighted by Gasteiger charge is -2.71. The zero-order valence-corrected chi connectivity index (χ0v) is 18.5. The molecule has 7 heteroatoms. The summed E-state index contributed by atoms with van der Waals surface area (Å²) in [5.74, 6) is 0.650. The molecule has 0 aromatic heterocycles. The van der Waals surface area contributed by atoms with Gasteiger partial charge in [0.2, 0.25) is 10.0 Å². The van der Waals surface area contributed by atoms with Gasteiger partial charge in [-0.2, -0.15) is 4.31 Å². The van der Waals surface area contributed by atoms with Crippen molar-refractivity contribution in [1.82, 2.24) is 9.21 Å². The molecular weight excluding hydrogens is 412 g/mol. The van der Waals surface area contributed by atoms with Crippen LogP contribution in [-0.2, 0) is 14.8 Å². The third-order valence-electron chi connectivity index (χ3n) is 7.36. The first-order valence-corrected chi connectivity index (χ1v) is 12.6. The van der Waals surface area contributed by atoms with Gasteiger partial charge in [0.25, 0.3) is 0 Å². The van der Waals surface area contributed by atoms with Crippen LogP contribution >= 0.6 is 0 Å². The third-order valence-corrected chi connectivity index (χ3v) is 9.16. The molecule has 0 bridgehead atoms. The topological polar surface area (TPSA) is 70.1 Å². The number of aliphatic hydroxyl groups is 1. The van der Waals surface area contributed by atoms with Crippen LogP contribution in [0.3, 0.4) is 0 Å².